The summed E-state index contributed by atoms with van der Waals surface area (Å²) in [6, 6.07) is 0. The van der Waals surface area contributed by atoms with Gasteiger partial charge in [0, 0.05) is 18.8 Å². The lowest BCUT2D eigenvalue weighted by Gasteiger charge is -2.07. The minimum atomic E-state index is -4.15. The molecule has 0 saturated carbocycles. The van der Waals surface area contributed by atoms with Crippen molar-refractivity contribution in [3.63, 3.8) is 0 Å². The third-order valence-electron chi connectivity index (χ3n) is 1.86. The van der Waals surface area contributed by atoms with Crippen molar-refractivity contribution < 1.29 is 13.2 Å². The van der Waals surface area contributed by atoms with Gasteiger partial charge in [-0.3, -0.25) is 0 Å². The lowest BCUT2D eigenvalue weighted by Crippen LogP contribution is -2.20. The first-order chi connectivity index (χ1) is 7.53. The second kappa shape index (κ2) is 6.09. The van der Waals surface area contributed by atoms with Gasteiger partial charge in [-0.1, -0.05) is 0 Å². The second-order valence-electron chi connectivity index (χ2n) is 3.00. The van der Waals surface area contributed by atoms with E-state index < -0.39 is 5.51 Å². The molecule has 0 aliphatic rings. The molecule has 1 heterocycles. The van der Waals surface area contributed by atoms with E-state index in [1.165, 1.54) is 0 Å². The van der Waals surface area contributed by atoms with Crippen LogP contribution < -0.4 is 5.32 Å². The van der Waals surface area contributed by atoms with Crippen LogP contribution in [0.5, 0.6) is 0 Å². The molecule has 1 N–H and O–H groups in total. The summed E-state index contributed by atoms with van der Waals surface area (Å²) in [6.07, 6.45) is 1.60. The van der Waals surface area contributed by atoms with Gasteiger partial charge in [-0.15, -0.1) is 10.2 Å². The zero-order valence-electron chi connectivity index (χ0n) is 8.79. The number of thioether (sulfide) groups is 1. The number of hydrogen-bond donors (Lipinski definition) is 1. The number of halogens is 3. The highest BCUT2D eigenvalue weighted by molar-refractivity contribution is 8.00. The predicted molar refractivity (Wildman–Crippen MR) is 55.9 cm³/mol. The molecule has 1 rings (SSSR count). The standard InChI is InChI=1S/C8H13F3N4S/c1-2-15-6-13-14-7(15)5-12-3-4-16-8(9,10)11/h6,12H,2-5H2,1H3. The van der Waals surface area contributed by atoms with E-state index in [4.69, 9.17) is 0 Å². The maximum Gasteiger partial charge on any atom is 0.441 e. The Morgan fingerprint density at radius 2 is 2.25 bits per heavy atom. The van der Waals surface area contributed by atoms with Crippen LogP contribution in [0.15, 0.2) is 6.33 Å². The average molecular weight is 254 g/mol. The fourth-order valence-corrected chi connectivity index (χ4v) is 1.60. The van der Waals surface area contributed by atoms with Gasteiger partial charge in [0.25, 0.3) is 0 Å². The summed E-state index contributed by atoms with van der Waals surface area (Å²) >= 11 is -0.0246. The van der Waals surface area contributed by atoms with Crippen LogP contribution in [0.3, 0.4) is 0 Å². The molecule has 0 radical (unpaired) electrons. The fraction of sp³-hybridized carbons (Fsp3) is 0.750. The quantitative estimate of drug-likeness (QED) is 0.784. The molecule has 16 heavy (non-hydrogen) atoms. The van der Waals surface area contributed by atoms with Gasteiger partial charge in [0.15, 0.2) is 0 Å². The minimum Gasteiger partial charge on any atom is -0.317 e. The van der Waals surface area contributed by atoms with E-state index in [9.17, 15) is 13.2 Å². The monoisotopic (exact) mass is 254 g/mol. The molecule has 0 bridgehead atoms. The Labute approximate surface area is 95.6 Å². The lowest BCUT2D eigenvalue weighted by molar-refractivity contribution is -0.0327. The molecule has 0 aliphatic heterocycles. The van der Waals surface area contributed by atoms with Crippen LogP contribution in [-0.2, 0) is 13.1 Å². The number of hydrogen-bond acceptors (Lipinski definition) is 4. The molecule has 0 spiro atoms. The Morgan fingerprint density at radius 1 is 1.50 bits per heavy atom. The number of nitrogens with one attached hydrogen (secondary N) is 1. The van der Waals surface area contributed by atoms with Gasteiger partial charge < -0.3 is 9.88 Å². The van der Waals surface area contributed by atoms with Gasteiger partial charge in [-0.05, 0) is 18.7 Å². The summed E-state index contributed by atoms with van der Waals surface area (Å²) in [6.45, 7) is 3.43. The summed E-state index contributed by atoms with van der Waals surface area (Å²) in [5, 5.41) is 10.5. The zero-order chi connectivity index (χ0) is 12.0. The SMILES string of the molecule is CCn1cnnc1CNCCSC(F)(F)F. The average Bonchev–Trinajstić information content (AvgIpc) is 2.63. The van der Waals surface area contributed by atoms with Gasteiger partial charge in [0.1, 0.15) is 12.2 Å². The Balaban J connectivity index is 2.16. The highest BCUT2D eigenvalue weighted by Crippen LogP contribution is 2.29. The topological polar surface area (TPSA) is 42.7 Å². The van der Waals surface area contributed by atoms with E-state index in [0.717, 1.165) is 12.4 Å². The van der Waals surface area contributed by atoms with Crippen LogP contribution in [0, 0.1) is 0 Å². The summed E-state index contributed by atoms with van der Waals surface area (Å²) in [7, 11) is 0. The Morgan fingerprint density at radius 3 is 2.88 bits per heavy atom. The maximum atomic E-state index is 11.8. The first kappa shape index (κ1) is 13.3. The van der Waals surface area contributed by atoms with E-state index in [-0.39, 0.29) is 17.5 Å². The Kier molecular flexibility index (Phi) is 5.07. The van der Waals surface area contributed by atoms with E-state index in [1.807, 2.05) is 11.5 Å². The van der Waals surface area contributed by atoms with Crippen LogP contribution in [0.1, 0.15) is 12.7 Å². The molecule has 92 valence electrons. The van der Waals surface area contributed by atoms with E-state index in [2.05, 4.69) is 15.5 Å². The third kappa shape index (κ3) is 4.84. The summed E-state index contributed by atoms with van der Waals surface area (Å²) in [4.78, 5) is 0. The van der Waals surface area contributed by atoms with Gasteiger partial charge in [-0.25, -0.2) is 0 Å². The van der Waals surface area contributed by atoms with Gasteiger partial charge >= 0.3 is 5.51 Å². The number of alkyl halides is 3. The number of nitrogens with zero attached hydrogens (tertiary/aromatic N) is 3. The van der Waals surface area contributed by atoms with Crippen molar-refractivity contribution in [2.75, 3.05) is 12.3 Å². The lowest BCUT2D eigenvalue weighted by atomic mass is 10.5. The summed E-state index contributed by atoms with van der Waals surface area (Å²) < 4.78 is 37.2. The molecule has 0 amide bonds. The summed E-state index contributed by atoms with van der Waals surface area (Å²) in [5.74, 6) is 0.739. The van der Waals surface area contributed by atoms with Crippen molar-refractivity contribution in [1.82, 2.24) is 20.1 Å². The molecule has 0 fully saturated rings. The Hall–Kier alpha value is -0.760. The van der Waals surface area contributed by atoms with Crippen LogP contribution >= 0.6 is 11.8 Å². The molecule has 0 atom stereocenters. The van der Waals surface area contributed by atoms with Crippen LogP contribution in [0.4, 0.5) is 13.2 Å². The largest absolute Gasteiger partial charge is 0.441 e. The summed E-state index contributed by atoms with van der Waals surface area (Å²) in [5.41, 5.74) is -4.15. The molecule has 1 aromatic rings. The van der Waals surface area contributed by atoms with Crippen molar-refractivity contribution in [2.45, 2.75) is 25.5 Å². The number of rotatable bonds is 6. The number of aryl methyl sites for hydroxylation is 1. The molecule has 0 saturated heterocycles. The molecule has 4 nitrogen and oxygen atoms in total. The van der Waals surface area contributed by atoms with Crippen molar-refractivity contribution in [1.29, 1.82) is 0 Å². The zero-order valence-corrected chi connectivity index (χ0v) is 9.61. The van der Waals surface area contributed by atoms with Crippen molar-refractivity contribution in [3.05, 3.63) is 12.2 Å². The Bertz CT molecular complexity index is 312. The second-order valence-corrected chi connectivity index (χ2v) is 4.16. The minimum absolute atomic E-state index is 0.00373. The number of aromatic nitrogens is 3. The maximum absolute atomic E-state index is 11.8. The molecule has 1 aromatic heterocycles. The smallest absolute Gasteiger partial charge is 0.317 e. The van der Waals surface area contributed by atoms with Crippen molar-refractivity contribution in [2.24, 2.45) is 0 Å². The third-order valence-corrected chi connectivity index (χ3v) is 2.60. The first-order valence-electron chi connectivity index (χ1n) is 4.81. The van der Waals surface area contributed by atoms with Gasteiger partial charge in [-0.2, -0.15) is 13.2 Å². The van der Waals surface area contributed by atoms with E-state index in [1.54, 1.807) is 6.33 Å². The molecule has 0 unspecified atom stereocenters. The first-order valence-corrected chi connectivity index (χ1v) is 5.79. The highest BCUT2D eigenvalue weighted by Gasteiger charge is 2.27. The predicted octanol–water partition coefficient (Wildman–Crippen LogP) is 1.64. The van der Waals surface area contributed by atoms with E-state index >= 15 is 0 Å². The van der Waals surface area contributed by atoms with Crippen LogP contribution in [0.2, 0.25) is 0 Å². The van der Waals surface area contributed by atoms with Crippen molar-refractivity contribution in [3.8, 4) is 0 Å². The molecule has 0 aliphatic carbocycles. The molecule has 8 heteroatoms. The fourth-order valence-electron chi connectivity index (χ4n) is 1.12. The molecular formula is C8H13F3N4S. The molecular weight excluding hydrogens is 241 g/mol. The highest BCUT2D eigenvalue weighted by atomic mass is 32.2. The van der Waals surface area contributed by atoms with Crippen LogP contribution in [-0.4, -0.2) is 32.6 Å². The van der Waals surface area contributed by atoms with Gasteiger partial charge in [0.2, 0.25) is 0 Å². The van der Waals surface area contributed by atoms with E-state index in [0.29, 0.717) is 13.1 Å². The van der Waals surface area contributed by atoms with Gasteiger partial charge in [0.05, 0.1) is 6.54 Å². The van der Waals surface area contributed by atoms with Crippen LogP contribution in [0.25, 0.3) is 0 Å². The normalized spacial score (nSPS) is 12.0. The van der Waals surface area contributed by atoms with Crippen molar-refractivity contribution >= 4 is 11.8 Å². The molecule has 0 aromatic carbocycles.